The summed E-state index contributed by atoms with van der Waals surface area (Å²) in [5.74, 6) is 0. The number of ether oxygens (including phenoxy) is 1. The Hall–Kier alpha value is -0.120. The van der Waals surface area contributed by atoms with Crippen LogP contribution in [0.5, 0.6) is 0 Å². The van der Waals surface area contributed by atoms with Crippen molar-refractivity contribution in [2.75, 3.05) is 13.1 Å². The molecule has 0 aliphatic carbocycles. The third kappa shape index (κ3) is 2.92. The molecule has 2 fully saturated rings. The van der Waals surface area contributed by atoms with Gasteiger partial charge in [0.05, 0.1) is 12.2 Å². The lowest BCUT2D eigenvalue weighted by atomic mass is 9.95. The largest absolute Gasteiger partial charge is 0.375 e. The first-order chi connectivity index (χ1) is 7.15. The van der Waals surface area contributed by atoms with Crippen molar-refractivity contribution in [3.63, 3.8) is 0 Å². The third-order valence-corrected chi connectivity index (χ3v) is 3.76. The maximum Gasteiger partial charge on any atom is 0.0565 e. The molecule has 0 radical (unpaired) electrons. The lowest BCUT2D eigenvalue weighted by molar-refractivity contribution is -0.0681. The molecule has 3 heteroatoms. The van der Waals surface area contributed by atoms with Crippen LogP contribution in [-0.4, -0.2) is 42.3 Å². The Bertz CT molecular complexity index is 192. The monoisotopic (exact) mass is 212 g/mol. The zero-order valence-electron chi connectivity index (χ0n) is 9.98. The molecule has 2 unspecified atom stereocenters. The molecule has 3 nitrogen and oxygen atoms in total. The van der Waals surface area contributed by atoms with E-state index in [4.69, 9.17) is 10.5 Å². The molecule has 2 saturated heterocycles. The van der Waals surface area contributed by atoms with Crippen LogP contribution in [0.25, 0.3) is 0 Å². The molecule has 15 heavy (non-hydrogen) atoms. The highest BCUT2D eigenvalue weighted by atomic mass is 16.5. The van der Waals surface area contributed by atoms with Crippen LogP contribution >= 0.6 is 0 Å². The van der Waals surface area contributed by atoms with Crippen molar-refractivity contribution in [1.29, 1.82) is 0 Å². The summed E-state index contributed by atoms with van der Waals surface area (Å²) in [6, 6.07) is 1.17. The third-order valence-electron chi connectivity index (χ3n) is 3.76. The van der Waals surface area contributed by atoms with Gasteiger partial charge in [-0.3, -0.25) is 0 Å². The molecule has 0 saturated carbocycles. The van der Waals surface area contributed by atoms with Crippen molar-refractivity contribution in [2.45, 2.75) is 63.8 Å². The van der Waals surface area contributed by atoms with Crippen LogP contribution in [0.3, 0.4) is 0 Å². The summed E-state index contributed by atoms with van der Waals surface area (Å²) in [6.45, 7) is 6.76. The molecule has 0 bridgehead atoms. The van der Waals surface area contributed by atoms with E-state index in [1.54, 1.807) is 0 Å². The van der Waals surface area contributed by atoms with Gasteiger partial charge in [-0.05, 0) is 52.6 Å². The van der Waals surface area contributed by atoms with Gasteiger partial charge >= 0.3 is 0 Å². The van der Waals surface area contributed by atoms with Gasteiger partial charge in [0.1, 0.15) is 0 Å². The molecule has 2 aliphatic rings. The summed E-state index contributed by atoms with van der Waals surface area (Å²) >= 11 is 0. The van der Waals surface area contributed by atoms with Crippen molar-refractivity contribution in [2.24, 2.45) is 5.73 Å². The van der Waals surface area contributed by atoms with Crippen LogP contribution in [0, 0.1) is 0 Å². The second kappa shape index (κ2) is 4.81. The fourth-order valence-electron chi connectivity index (χ4n) is 2.95. The zero-order chi connectivity index (χ0) is 10.8. The summed E-state index contributed by atoms with van der Waals surface area (Å²) < 4.78 is 5.78. The van der Waals surface area contributed by atoms with Gasteiger partial charge in [0.2, 0.25) is 0 Å². The number of hydrogen-bond acceptors (Lipinski definition) is 3. The molecule has 88 valence electrons. The number of hydrogen-bond donors (Lipinski definition) is 1. The van der Waals surface area contributed by atoms with E-state index in [-0.39, 0.29) is 0 Å². The summed E-state index contributed by atoms with van der Waals surface area (Å²) in [5.41, 5.74) is 5.93. The van der Waals surface area contributed by atoms with Gasteiger partial charge in [-0.15, -0.1) is 0 Å². The highest BCUT2D eigenvalue weighted by molar-refractivity contribution is 4.85. The van der Waals surface area contributed by atoms with Crippen molar-refractivity contribution in [3.05, 3.63) is 0 Å². The maximum atomic E-state index is 5.93. The van der Waals surface area contributed by atoms with E-state index in [0.29, 0.717) is 18.2 Å². The fraction of sp³-hybridized carbons (Fsp3) is 1.00. The van der Waals surface area contributed by atoms with Gasteiger partial charge in [0, 0.05) is 12.1 Å². The van der Waals surface area contributed by atoms with Crippen LogP contribution in [0.2, 0.25) is 0 Å². The Labute approximate surface area is 93.0 Å². The molecule has 2 atom stereocenters. The average molecular weight is 212 g/mol. The van der Waals surface area contributed by atoms with E-state index in [1.807, 2.05) is 0 Å². The van der Waals surface area contributed by atoms with Gasteiger partial charge in [-0.2, -0.15) is 0 Å². The first-order valence-electron chi connectivity index (χ1n) is 6.30. The van der Waals surface area contributed by atoms with Crippen LogP contribution in [0.4, 0.5) is 0 Å². The second-order valence-corrected chi connectivity index (χ2v) is 5.26. The SMILES string of the molecule is CC1CC(N2CCC(N)CC2)CC(C)O1. The molecule has 0 amide bonds. The average Bonchev–Trinajstić information content (AvgIpc) is 2.17. The number of nitrogens with two attached hydrogens (primary N) is 1. The minimum Gasteiger partial charge on any atom is -0.375 e. The van der Waals surface area contributed by atoms with Gasteiger partial charge in [0.15, 0.2) is 0 Å². The van der Waals surface area contributed by atoms with E-state index < -0.39 is 0 Å². The Morgan fingerprint density at radius 1 is 1.07 bits per heavy atom. The van der Waals surface area contributed by atoms with E-state index >= 15 is 0 Å². The normalized spacial score (nSPS) is 40.6. The van der Waals surface area contributed by atoms with Crippen molar-refractivity contribution < 1.29 is 4.74 Å². The van der Waals surface area contributed by atoms with Gasteiger partial charge in [-0.1, -0.05) is 0 Å². The molecular formula is C12H24N2O. The van der Waals surface area contributed by atoms with E-state index in [9.17, 15) is 0 Å². The number of rotatable bonds is 1. The number of likely N-dealkylation sites (tertiary alicyclic amines) is 1. The van der Waals surface area contributed by atoms with Gasteiger partial charge in [0.25, 0.3) is 0 Å². The summed E-state index contributed by atoms with van der Waals surface area (Å²) in [5, 5.41) is 0. The van der Waals surface area contributed by atoms with E-state index in [1.165, 1.54) is 38.8 Å². The smallest absolute Gasteiger partial charge is 0.0565 e. The quantitative estimate of drug-likeness (QED) is 0.713. The molecular weight excluding hydrogens is 188 g/mol. The molecule has 0 aromatic heterocycles. The molecule has 2 rings (SSSR count). The lowest BCUT2D eigenvalue weighted by Crippen LogP contribution is -2.49. The number of nitrogens with zero attached hydrogens (tertiary/aromatic N) is 1. The summed E-state index contributed by atoms with van der Waals surface area (Å²) in [4.78, 5) is 2.62. The van der Waals surface area contributed by atoms with Gasteiger partial charge < -0.3 is 15.4 Å². The van der Waals surface area contributed by atoms with Crippen molar-refractivity contribution in [1.82, 2.24) is 4.90 Å². The first kappa shape index (κ1) is 11.4. The molecule has 2 aliphatic heterocycles. The highest BCUT2D eigenvalue weighted by Crippen LogP contribution is 2.25. The molecule has 0 spiro atoms. The molecule has 2 N–H and O–H groups in total. The molecule has 0 aromatic carbocycles. The highest BCUT2D eigenvalue weighted by Gasteiger charge is 2.30. The Balaban J connectivity index is 1.87. The predicted molar refractivity (Wildman–Crippen MR) is 61.8 cm³/mol. The van der Waals surface area contributed by atoms with Crippen LogP contribution in [0.1, 0.15) is 39.5 Å². The Morgan fingerprint density at radius 2 is 1.60 bits per heavy atom. The minimum absolute atomic E-state index is 0.425. The second-order valence-electron chi connectivity index (χ2n) is 5.26. The lowest BCUT2D eigenvalue weighted by Gasteiger charge is -2.42. The van der Waals surface area contributed by atoms with Crippen molar-refractivity contribution >= 4 is 0 Å². The van der Waals surface area contributed by atoms with E-state index in [0.717, 1.165) is 6.04 Å². The number of piperidine rings is 1. The topological polar surface area (TPSA) is 38.5 Å². The van der Waals surface area contributed by atoms with Crippen LogP contribution in [-0.2, 0) is 4.74 Å². The van der Waals surface area contributed by atoms with Gasteiger partial charge in [-0.25, -0.2) is 0 Å². The predicted octanol–water partition coefficient (Wildman–Crippen LogP) is 1.37. The van der Waals surface area contributed by atoms with Crippen LogP contribution < -0.4 is 5.73 Å². The minimum atomic E-state index is 0.425. The molecule has 0 aromatic rings. The maximum absolute atomic E-state index is 5.93. The van der Waals surface area contributed by atoms with E-state index in [2.05, 4.69) is 18.7 Å². The fourth-order valence-corrected chi connectivity index (χ4v) is 2.95. The standard InChI is InChI=1S/C12H24N2O/c1-9-7-12(8-10(2)15-9)14-5-3-11(13)4-6-14/h9-12H,3-8,13H2,1-2H3. The molecule has 2 heterocycles. The Kier molecular flexibility index (Phi) is 3.65. The van der Waals surface area contributed by atoms with Crippen molar-refractivity contribution in [3.8, 4) is 0 Å². The first-order valence-corrected chi connectivity index (χ1v) is 6.30. The summed E-state index contributed by atoms with van der Waals surface area (Å²) in [7, 11) is 0. The van der Waals surface area contributed by atoms with Crippen LogP contribution in [0.15, 0.2) is 0 Å². The zero-order valence-corrected chi connectivity index (χ0v) is 9.98. The summed E-state index contributed by atoms with van der Waals surface area (Å²) in [6.07, 6.45) is 5.57. The Morgan fingerprint density at radius 3 is 2.13 bits per heavy atom.